The number of amides is 1. The second-order valence-corrected chi connectivity index (χ2v) is 7.98. The van der Waals surface area contributed by atoms with Gasteiger partial charge in [0.1, 0.15) is 0 Å². The van der Waals surface area contributed by atoms with Gasteiger partial charge in [0, 0.05) is 24.7 Å². The summed E-state index contributed by atoms with van der Waals surface area (Å²) >= 11 is 6.05. The number of nitrogens with zero attached hydrogens (tertiary/aromatic N) is 1. The molecule has 1 aromatic carbocycles. The van der Waals surface area contributed by atoms with Crippen LogP contribution in [0.15, 0.2) is 24.3 Å². The molecule has 2 fully saturated rings. The van der Waals surface area contributed by atoms with Gasteiger partial charge in [0.2, 0.25) is 5.91 Å². The first kappa shape index (κ1) is 21.5. The normalized spacial score (nSPS) is 23.9. The summed E-state index contributed by atoms with van der Waals surface area (Å²) in [6.07, 6.45) is 1.98. The van der Waals surface area contributed by atoms with Crippen LogP contribution in [-0.2, 0) is 9.53 Å². The van der Waals surface area contributed by atoms with Gasteiger partial charge in [0.15, 0.2) is 0 Å². The van der Waals surface area contributed by atoms with Crippen LogP contribution in [0.3, 0.4) is 0 Å². The number of hydrogen-bond donors (Lipinski definition) is 2. The fourth-order valence-corrected chi connectivity index (χ4v) is 3.82. The molecule has 2 unspecified atom stereocenters. The monoisotopic (exact) mass is 401 g/mol. The third kappa shape index (κ3) is 5.57. The van der Waals surface area contributed by atoms with Gasteiger partial charge in [-0.25, -0.2) is 0 Å². The largest absolute Gasteiger partial charge is 0.373 e. The summed E-state index contributed by atoms with van der Waals surface area (Å²) in [4.78, 5) is 14.8. The summed E-state index contributed by atoms with van der Waals surface area (Å²) in [5.41, 5.74) is 0.988. The maximum atomic E-state index is 12.4. The van der Waals surface area contributed by atoms with E-state index in [0.717, 1.165) is 37.5 Å². The summed E-state index contributed by atoms with van der Waals surface area (Å²) in [6.45, 7) is 8.13. The lowest BCUT2D eigenvalue weighted by Crippen LogP contribution is -2.52. The van der Waals surface area contributed by atoms with Crippen LogP contribution in [0.5, 0.6) is 0 Å². The number of benzene rings is 1. The minimum Gasteiger partial charge on any atom is -0.373 e. The Morgan fingerprint density at radius 2 is 2.15 bits per heavy atom. The Hall–Kier alpha value is -0.850. The molecule has 0 spiro atoms. The Morgan fingerprint density at radius 3 is 2.77 bits per heavy atom. The summed E-state index contributed by atoms with van der Waals surface area (Å²) in [5, 5.41) is 7.13. The van der Waals surface area contributed by atoms with Crippen molar-refractivity contribution in [2.75, 3.05) is 32.8 Å². The van der Waals surface area contributed by atoms with E-state index in [9.17, 15) is 4.79 Å². The molecular formula is C19H29Cl2N3O2. The Kier molecular flexibility index (Phi) is 7.74. The first-order chi connectivity index (χ1) is 11.9. The molecule has 26 heavy (non-hydrogen) atoms. The molecule has 0 radical (unpaired) electrons. The van der Waals surface area contributed by atoms with E-state index in [0.29, 0.717) is 13.2 Å². The number of hydrogen-bond acceptors (Lipinski definition) is 4. The minimum absolute atomic E-state index is 0. The molecule has 0 saturated carbocycles. The molecule has 2 saturated heterocycles. The second-order valence-electron chi connectivity index (χ2n) is 7.54. The molecule has 3 rings (SSSR count). The third-order valence-corrected chi connectivity index (χ3v) is 5.25. The number of halogens is 2. The molecule has 2 aliphatic heterocycles. The van der Waals surface area contributed by atoms with Crippen molar-refractivity contribution in [1.82, 2.24) is 15.5 Å². The molecular weight excluding hydrogens is 373 g/mol. The van der Waals surface area contributed by atoms with Crippen LogP contribution in [0.2, 0.25) is 5.02 Å². The molecule has 7 heteroatoms. The zero-order chi connectivity index (χ0) is 17.9. The van der Waals surface area contributed by atoms with Gasteiger partial charge in [-0.1, -0.05) is 23.7 Å². The van der Waals surface area contributed by atoms with Crippen molar-refractivity contribution in [3.05, 3.63) is 34.9 Å². The van der Waals surface area contributed by atoms with Crippen molar-refractivity contribution in [3.63, 3.8) is 0 Å². The van der Waals surface area contributed by atoms with Crippen LogP contribution in [0, 0.1) is 0 Å². The first-order valence-corrected chi connectivity index (χ1v) is 9.47. The van der Waals surface area contributed by atoms with Crippen molar-refractivity contribution in [2.24, 2.45) is 0 Å². The molecule has 1 aromatic rings. The molecule has 2 aliphatic rings. The summed E-state index contributed by atoms with van der Waals surface area (Å²) < 4.78 is 5.85. The lowest BCUT2D eigenvalue weighted by Gasteiger charge is -2.42. The molecule has 5 nitrogen and oxygen atoms in total. The molecule has 1 amide bonds. The second kappa shape index (κ2) is 9.38. The van der Waals surface area contributed by atoms with E-state index in [1.54, 1.807) is 0 Å². The van der Waals surface area contributed by atoms with E-state index in [-0.39, 0.29) is 36.0 Å². The first-order valence-electron chi connectivity index (χ1n) is 9.09. The minimum atomic E-state index is -0.181. The zero-order valence-corrected chi connectivity index (χ0v) is 17.0. The van der Waals surface area contributed by atoms with Gasteiger partial charge >= 0.3 is 0 Å². The van der Waals surface area contributed by atoms with Gasteiger partial charge in [-0.3, -0.25) is 9.69 Å². The topological polar surface area (TPSA) is 53.6 Å². The number of rotatable bonds is 5. The third-order valence-electron chi connectivity index (χ3n) is 5.00. The van der Waals surface area contributed by atoms with E-state index >= 15 is 0 Å². The highest BCUT2D eigenvalue weighted by Gasteiger charge is 2.32. The Balaban J connectivity index is 0.00000243. The average molecular weight is 402 g/mol. The van der Waals surface area contributed by atoms with Gasteiger partial charge in [-0.2, -0.15) is 0 Å². The zero-order valence-electron chi connectivity index (χ0n) is 15.5. The molecule has 146 valence electrons. The van der Waals surface area contributed by atoms with Crippen molar-refractivity contribution in [1.29, 1.82) is 0 Å². The van der Waals surface area contributed by atoms with Crippen LogP contribution in [-0.4, -0.2) is 55.2 Å². The van der Waals surface area contributed by atoms with Gasteiger partial charge in [-0.15, -0.1) is 12.4 Å². The standard InChI is InChI=1S/C19H28ClN3O2.ClH/c1-19(2)13-23(10-11-25-19)17(14-5-7-15(20)8-6-14)12-22-18(24)16-4-3-9-21-16;/h5-8,16-17,21H,3-4,9-13H2,1-2H3,(H,22,24);1H. The fourth-order valence-electron chi connectivity index (χ4n) is 3.69. The van der Waals surface area contributed by atoms with E-state index < -0.39 is 0 Å². The van der Waals surface area contributed by atoms with E-state index in [4.69, 9.17) is 16.3 Å². The quantitative estimate of drug-likeness (QED) is 0.796. The summed E-state index contributed by atoms with van der Waals surface area (Å²) in [6, 6.07) is 7.99. The highest BCUT2D eigenvalue weighted by atomic mass is 35.5. The highest BCUT2D eigenvalue weighted by molar-refractivity contribution is 6.30. The van der Waals surface area contributed by atoms with E-state index in [2.05, 4.69) is 41.5 Å². The molecule has 2 N–H and O–H groups in total. The summed E-state index contributed by atoms with van der Waals surface area (Å²) in [5.74, 6) is 0.101. The molecule has 0 bridgehead atoms. The number of nitrogens with one attached hydrogen (secondary N) is 2. The van der Waals surface area contributed by atoms with Gasteiger partial charge in [0.25, 0.3) is 0 Å². The van der Waals surface area contributed by atoms with Gasteiger partial charge in [0.05, 0.1) is 24.3 Å². The number of carbonyl (C=O) groups excluding carboxylic acids is 1. The van der Waals surface area contributed by atoms with Crippen LogP contribution in [0.25, 0.3) is 0 Å². The fraction of sp³-hybridized carbons (Fsp3) is 0.632. The van der Waals surface area contributed by atoms with Gasteiger partial charge < -0.3 is 15.4 Å². The van der Waals surface area contributed by atoms with Crippen LogP contribution < -0.4 is 10.6 Å². The smallest absolute Gasteiger partial charge is 0.237 e. The maximum absolute atomic E-state index is 12.4. The predicted molar refractivity (Wildman–Crippen MR) is 107 cm³/mol. The number of carbonyl (C=O) groups is 1. The maximum Gasteiger partial charge on any atom is 0.237 e. The Bertz CT molecular complexity index is 589. The Morgan fingerprint density at radius 1 is 1.42 bits per heavy atom. The lowest BCUT2D eigenvalue weighted by atomic mass is 10.0. The molecule has 2 heterocycles. The molecule has 0 aromatic heterocycles. The molecule has 2 atom stereocenters. The van der Waals surface area contributed by atoms with E-state index in [1.807, 2.05) is 12.1 Å². The highest BCUT2D eigenvalue weighted by Crippen LogP contribution is 2.27. The molecule has 0 aliphatic carbocycles. The number of ether oxygens (including phenoxy) is 1. The van der Waals surface area contributed by atoms with Crippen molar-refractivity contribution in [3.8, 4) is 0 Å². The lowest BCUT2D eigenvalue weighted by molar-refractivity contribution is -0.123. The predicted octanol–water partition coefficient (Wildman–Crippen LogP) is 2.78. The van der Waals surface area contributed by atoms with Crippen LogP contribution in [0.1, 0.15) is 38.3 Å². The average Bonchev–Trinajstić information content (AvgIpc) is 3.10. The van der Waals surface area contributed by atoms with E-state index in [1.165, 1.54) is 5.56 Å². The van der Waals surface area contributed by atoms with Crippen molar-refractivity contribution in [2.45, 2.75) is 44.4 Å². The number of morpholine rings is 1. The van der Waals surface area contributed by atoms with Crippen LogP contribution >= 0.6 is 24.0 Å². The van der Waals surface area contributed by atoms with Crippen molar-refractivity contribution >= 4 is 29.9 Å². The Labute approximate surface area is 167 Å². The van der Waals surface area contributed by atoms with Gasteiger partial charge in [-0.05, 0) is 50.9 Å². The van der Waals surface area contributed by atoms with Crippen molar-refractivity contribution < 1.29 is 9.53 Å². The summed E-state index contributed by atoms with van der Waals surface area (Å²) in [7, 11) is 0. The SMILES string of the molecule is CC1(C)CN(C(CNC(=O)C2CCCN2)c2ccc(Cl)cc2)CCO1.Cl. The van der Waals surface area contributed by atoms with Crippen LogP contribution in [0.4, 0.5) is 0 Å².